The van der Waals surface area contributed by atoms with Crippen LogP contribution >= 0.6 is 11.6 Å². The van der Waals surface area contributed by atoms with Crippen LogP contribution in [0.5, 0.6) is 5.88 Å². The fourth-order valence-corrected chi connectivity index (χ4v) is 2.64. The van der Waals surface area contributed by atoms with Gasteiger partial charge >= 0.3 is 0 Å². The normalized spacial score (nSPS) is 16.8. The van der Waals surface area contributed by atoms with Crippen LogP contribution in [0.3, 0.4) is 0 Å². The van der Waals surface area contributed by atoms with Crippen LogP contribution in [0.4, 0.5) is 0 Å². The van der Waals surface area contributed by atoms with Gasteiger partial charge in [0.25, 0.3) is 5.88 Å². The van der Waals surface area contributed by atoms with Crippen LogP contribution in [-0.4, -0.2) is 40.0 Å². The zero-order valence-corrected chi connectivity index (χ0v) is 14.1. The number of nitriles is 1. The van der Waals surface area contributed by atoms with Gasteiger partial charge in [-0.3, -0.25) is 4.79 Å². The van der Waals surface area contributed by atoms with Gasteiger partial charge in [-0.15, -0.1) is 0 Å². The van der Waals surface area contributed by atoms with Gasteiger partial charge in [0.15, 0.2) is 0 Å². The second-order valence-electron chi connectivity index (χ2n) is 5.52. The molecule has 6 nitrogen and oxygen atoms in total. The number of carbonyl (C=O) groups is 1. The molecule has 1 atom stereocenters. The highest BCUT2D eigenvalue weighted by Crippen LogP contribution is 2.19. The Morgan fingerprint density at radius 1 is 1.32 bits per heavy atom. The Morgan fingerprint density at radius 2 is 2.08 bits per heavy atom. The summed E-state index contributed by atoms with van der Waals surface area (Å²) in [5.74, 6) is 0.127. The van der Waals surface area contributed by atoms with Crippen molar-refractivity contribution < 1.29 is 9.53 Å². The minimum absolute atomic E-state index is 0.0827. The van der Waals surface area contributed by atoms with E-state index in [2.05, 4.69) is 9.97 Å². The largest absolute Gasteiger partial charge is 0.470 e. The highest BCUT2D eigenvalue weighted by atomic mass is 35.5. The Morgan fingerprint density at radius 3 is 2.84 bits per heavy atom. The van der Waals surface area contributed by atoms with Gasteiger partial charge in [-0.25, -0.2) is 9.97 Å². The summed E-state index contributed by atoms with van der Waals surface area (Å²) in [5.41, 5.74) is 1.05. The standard InChI is InChI=1S/C18H15ClN4O2/c19-14-4-1-13(2-5-14)3-6-17(24)23-10-7-15(12-23)25-18-16(11-20)21-8-9-22-18/h1-6,8-9,15H,7,10,12H2/b6-3+. The third-order valence-electron chi connectivity index (χ3n) is 3.79. The van der Waals surface area contributed by atoms with Crippen LogP contribution in [0.15, 0.2) is 42.7 Å². The summed E-state index contributed by atoms with van der Waals surface area (Å²) in [4.78, 5) is 21.9. The monoisotopic (exact) mass is 354 g/mol. The summed E-state index contributed by atoms with van der Waals surface area (Å²) in [6, 6.07) is 9.19. The van der Waals surface area contributed by atoms with Crippen molar-refractivity contribution in [1.29, 1.82) is 5.26 Å². The van der Waals surface area contributed by atoms with Gasteiger partial charge in [-0.1, -0.05) is 23.7 Å². The molecule has 1 amide bonds. The molecule has 1 aliphatic rings. The molecule has 25 heavy (non-hydrogen) atoms. The molecule has 0 bridgehead atoms. The molecule has 1 fully saturated rings. The van der Waals surface area contributed by atoms with Crippen molar-refractivity contribution in [2.24, 2.45) is 0 Å². The molecule has 126 valence electrons. The lowest BCUT2D eigenvalue weighted by Crippen LogP contribution is -2.29. The van der Waals surface area contributed by atoms with E-state index < -0.39 is 0 Å². The predicted molar refractivity (Wildman–Crippen MR) is 92.8 cm³/mol. The van der Waals surface area contributed by atoms with Gasteiger partial charge in [0.2, 0.25) is 11.6 Å². The van der Waals surface area contributed by atoms with Crippen LogP contribution in [0.1, 0.15) is 17.7 Å². The molecule has 0 radical (unpaired) electrons. The molecule has 3 rings (SSSR count). The van der Waals surface area contributed by atoms with E-state index in [0.29, 0.717) is 24.5 Å². The first-order valence-corrected chi connectivity index (χ1v) is 8.14. The van der Waals surface area contributed by atoms with Gasteiger partial charge < -0.3 is 9.64 Å². The maximum Gasteiger partial charge on any atom is 0.251 e. The maximum atomic E-state index is 12.3. The SMILES string of the molecule is N#Cc1nccnc1OC1CCN(C(=O)/C=C/c2ccc(Cl)cc2)C1. The van der Waals surface area contributed by atoms with Crippen molar-refractivity contribution in [2.45, 2.75) is 12.5 Å². The van der Waals surface area contributed by atoms with Gasteiger partial charge in [0, 0.05) is 36.5 Å². The van der Waals surface area contributed by atoms with Crippen LogP contribution < -0.4 is 4.74 Å². The molecule has 1 aromatic carbocycles. The number of aromatic nitrogens is 2. The number of hydrogen-bond acceptors (Lipinski definition) is 5. The minimum Gasteiger partial charge on any atom is -0.470 e. The Labute approximate surface area is 150 Å². The number of hydrogen-bond donors (Lipinski definition) is 0. The van der Waals surface area contributed by atoms with Gasteiger partial charge in [0.05, 0.1) is 6.54 Å². The first-order chi connectivity index (χ1) is 12.2. The number of halogens is 1. The number of amides is 1. The van der Waals surface area contributed by atoms with Crippen LogP contribution in [-0.2, 0) is 4.79 Å². The van der Waals surface area contributed by atoms with Crippen molar-refractivity contribution in [1.82, 2.24) is 14.9 Å². The lowest BCUT2D eigenvalue weighted by molar-refractivity contribution is -0.125. The number of rotatable bonds is 4. The summed E-state index contributed by atoms with van der Waals surface area (Å²) in [6.45, 7) is 1.04. The minimum atomic E-state index is -0.198. The summed E-state index contributed by atoms with van der Waals surface area (Å²) >= 11 is 5.84. The molecule has 0 saturated carbocycles. The first-order valence-electron chi connectivity index (χ1n) is 7.76. The number of benzene rings is 1. The smallest absolute Gasteiger partial charge is 0.251 e. The quantitative estimate of drug-likeness (QED) is 0.789. The fourth-order valence-electron chi connectivity index (χ4n) is 2.52. The molecule has 2 heterocycles. The molecule has 1 saturated heterocycles. The van der Waals surface area contributed by atoms with Crippen molar-refractivity contribution in [3.8, 4) is 11.9 Å². The van der Waals surface area contributed by atoms with E-state index in [9.17, 15) is 4.79 Å². The number of ether oxygens (including phenoxy) is 1. The molecule has 1 aromatic heterocycles. The topological polar surface area (TPSA) is 79.1 Å². The number of carbonyl (C=O) groups excluding carboxylic acids is 1. The second-order valence-corrected chi connectivity index (χ2v) is 5.96. The number of likely N-dealkylation sites (tertiary alicyclic amines) is 1. The molecule has 1 aliphatic heterocycles. The Hall–Kier alpha value is -2.91. The van der Waals surface area contributed by atoms with Crippen molar-refractivity contribution in [3.63, 3.8) is 0 Å². The van der Waals surface area contributed by atoms with Crippen LogP contribution in [0, 0.1) is 11.3 Å². The van der Waals surface area contributed by atoms with E-state index in [1.165, 1.54) is 18.5 Å². The molecule has 7 heteroatoms. The van der Waals surface area contributed by atoms with Gasteiger partial charge in [0.1, 0.15) is 12.2 Å². The Balaban J connectivity index is 1.58. The summed E-state index contributed by atoms with van der Waals surface area (Å²) in [6.07, 6.45) is 6.69. The molecule has 0 N–H and O–H groups in total. The summed E-state index contributed by atoms with van der Waals surface area (Å²) in [5, 5.41) is 9.67. The molecular formula is C18H15ClN4O2. The van der Waals surface area contributed by atoms with Crippen molar-refractivity contribution in [3.05, 3.63) is 59.0 Å². The van der Waals surface area contributed by atoms with Crippen molar-refractivity contribution in [2.75, 3.05) is 13.1 Å². The van der Waals surface area contributed by atoms with Gasteiger partial charge in [-0.05, 0) is 23.8 Å². The average Bonchev–Trinajstić information content (AvgIpc) is 3.10. The van der Waals surface area contributed by atoms with E-state index >= 15 is 0 Å². The highest BCUT2D eigenvalue weighted by Gasteiger charge is 2.27. The van der Waals surface area contributed by atoms with E-state index in [-0.39, 0.29) is 23.6 Å². The zero-order valence-electron chi connectivity index (χ0n) is 13.3. The van der Waals surface area contributed by atoms with Crippen molar-refractivity contribution >= 4 is 23.6 Å². The Bertz CT molecular complexity index is 830. The molecule has 0 spiro atoms. The summed E-state index contributed by atoms with van der Waals surface area (Å²) in [7, 11) is 0. The molecular weight excluding hydrogens is 340 g/mol. The third-order valence-corrected chi connectivity index (χ3v) is 4.05. The maximum absolute atomic E-state index is 12.3. The van der Waals surface area contributed by atoms with Gasteiger partial charge in [-0.2, -0.15) is 5.26 Å². The van der Waals surface area contributed by atoms with E-state index in [0.717, 1.165) is 5.56 Å². The average molecular weight is 355 g/mol. The van der Waals surface area contributed by atoms with Crippen LogP contribution in [0.25, 0.3) is 6.08 Å². The van der Waals surface area contributed by atoms with E-state index in [1.54, 1.807) is 23.1 Å². The lowest BCUT2D eigenvalue weighted by atomic mass is 10.2. The highest BCUT2D eigenvalue weighted by molar-refractivity contribution is 6.30. The molecule has 1 unspecified atom stereocenters. The van der Waals surface area contributed by atoms with E-state index in [4.69, 9.17) is 21.6 Å². The fraction of sp³-hybridized carbons (Fsp3) is 0.222. The Kier molecular flexibility index (Phi) is 5.26. The van der Waals surface area contributed by atoms with Crippen LogP contribution in [0.2, 0.25) is 5.02 Å². The predicted octanol–water partition coefficient (Wildman–Crippen LogP) is 2.69. The second kappa shape index (κ2) is 7.77. The first kappa shape index (κ1) is 16.9. The van der Waals surface area contributed by atoms with E-state index in [1.807, 2.05) is 18.2 Å². The molecule has 2 aromatic rings. The third kappa shape index (κ3) is 4.34. The summed E-state index contributed by atoms with van der Waals surface area (Å²) < 4.78 is 5.72. The number of nitrogens with zero attached hydrogens (tertiary/aromatic N) is 4. The zero-order chi connectivity index (χ0) is 17.6. The lowest BCUT2D eigenvalue weighted by Gasteiger charge is -2.15. The molecule has 0 aliphatic carbocycles.